The van der Waals surface area contributed by atoms with Gasteiger partial charge in [-0.25, -0.2) is 9.97 Å². The fourth-order valence-corrected chi connectivity index (χ4v) is 10.1. The molecule has 1 aromatic heterocycles. The van der Waals surface area contributed by atoms with Crippen molar-refractivity contribution < 1.29 is 0 Å². The van der Waals surface area contributed by atoms with E-state index in [1.807, 2.05) is 48.2 Å². The minimum atomic E-state index is -0.498. The van der Waals surface area contributed by atoms with E-state index in [0.29, 0.717) is 11.4 Å². The molecule has 9 aromatic rings. The normalized spacial score (nSPS) is 12.9. The first-order chi connectivity index (χ1) is 28.7. The number of fused-ring (bicyclic) bond motifs is 9. The van der Waals surface area contributed by atoms with Gasteiger partial charge in [0.05, 0.1) is 28.4 Å². The van der Waals surface area contributed by atoms with Crippen molar-refractivity contribution in [1.82, 2.24) is 9.97 Å². The summed E-state index contributed by atoms with van der Waals surface area (Å²) in [7, 11) is 0. The van der Waals surface area contributed by atoms with Crippen LogP contribution in [-0.4, -0.2) is 9.97 Å². The summed E-state index contributed by atoms with van der Waals surface area (Å²) < 4.78 is 0. The first-order valence-corrected chi connectivity index (χ1v) is 20.3. The van der Waals surface area contributed by atoms with Crippen LogP contribution in [0.3, 0.4) is 0 Å². The lowest BCUT2D eigenvalue weighted by molar-refractivity contribution is 0.722. The van der Waals surface area contributed by atoms with E-state index < -0.39 is 5.41 Å². The Balaban J connectivity index is 1.12. The largest absolute Gasteiger partial charge is 0.228 e. The molecule has 8 aromatic carbocycles. The number of hydrogen-bond acceptors (Lipinski definition) is 4. The Hall–Kier alpha value is -7.32. The zero-order valence-electron chi connectivity index (χ0n) is 31.3. The maximum absolute atomic E-state index is 9.29. The monoisotopic (exact) mass is 755 g/mol. The van der Waals surface area contributed by atoms with Crippen LogP contribution in [0.2, 0.25) is 0 Å². The van der Waals surface area contributed by atoms with Crippen LogP contribution in [0.5, 0.6) is 0 Å². The highest BCUT2D eigenvalue weighted by atomic mass is 32.2. The highest BCUT2D eigenvalue weighted by Gasteiger charge is 2.50. The van der Waals surface area contributed by atoms with E-state index in [2.05, 4.69) is 170 Å². The average molecular weight is 756 g/mol. The minimum absolute atomic E-state index is 0.498. The summed E-state index contributed by atoms with van der Waals surface area (Å²) in [5.41, 5.74) is 17.1. The molecule has 0 saturated carbocycles. The third kappa shape index (κ3) is 5.44. The molecule has 0 fully saturated rings. The summed E-state index contributed by atoms with van der Waals surface area (Å²) in [5.74, 6) is 0.694. The second kappa shape index (κ2) is 13.7. The van der Waals surface area contributed by atoms with E-state index in [1.165, 1.54) is 43.2 Å². The molecule has 3 nitrogen and oxygen atoms in total. The summed E-state index contributed by atoms with van der Waals surface area (Å²) >= 11 is 1.86. The van der Waals surface area contributed by atoms with Crippen LogP contribution >= 0.6 is 11.8 Å². The highest BCUT2D eigenvalue weighted by molar-refractivity contribution is 7.99. The first-order valence-electron chi connectivity index (χ1n) is 19.4. The number of nitriles is 1. The maximum atomic E-state index is 9.29. The molecular formula is C54H33N3S. The molecule has 4 heteroatoms. The van der Waals surface area contributed by atoms with Gasteiger partial charge in [0.1, 0.15) is 0 Å². The molecular weight excluding hydrogens is 723 g/mol. The summed E-state index contributed by atoms with van der Waals surface area (Å²) in [6.45, 7) is 0. The average Bonchev–Trinajstić information content (AvgIpc) is 3.59. The Morgan fingerprint density at radius 1 is 0.379 bits per heavy atom. The Bertz CT molecular complexity index is 2970. The van der Waals surface area contributed by atoms with E-state index in [4.69, 9.17) is 9.97 Å². The van der Waals surface area contributed by atoms with Crippen molar-refractivity contribution in [2.45, 2.75) is 15.2 Å². The molecule has 0 amide bonds. The number of benzene rings is 8. The molecule has 0 radical (unpaired) electrons. The van der Waals surface area contributed by atoms with Crippen molar-refractivity contribution in [3.05, 3.63) is 228 Å². The lowest BCUT2D eigenvalue weighted by atomic mass is 9.67. The van der Waals surface area contributed by atoms with Gasteiger partial charge in [0.15, 0.2) is 5.82 Å². The number of rotatable bonds is 5. The smallest absolute Gasteiger partial charge is 0.160 e. The van der Waals surface area contributed by atoms with Gasteiger partial charge in [-0.2, -0.15) is 5.26 Å². The van der Waals surface area contributed by atoms with Gasteiger partial charge in [-0.3, -0.25) is 0 Å². The number of aromatic nitrogens is 2. The fraction of sp³-hybridized carbons (Fsp3) is 0.0185. The van der Waals surface area contributed by atoms with Crippen LogP contribution in [0.1, 0.15) is 27.8 Å². The van der Waals surface area contributed by atoms with E-state index >= 15 is 0 Å². The van der Waals surface area contributed by atoms with Gasteiger partial charge in [0, 0.05) is 26.5 Å². The van der Waals surface area contributed by atoms with Gasteiger partial charge < -0.3 is 0 Å². The fourth-order valence-electron chi connectivity index (χ4n) is 8.91. The molecule has 1 aliphatic carbocycles. The zero-order valence-corrected chi connectivity index (χ0v) is 32.1. The van der Waals surface area contributed by atoms with E-state index in [0.717, 1.165) is 50.3 Å². The van der Waals surface area contributed by atoms with Gasteiger partial charge in [0.25, 0.3) is 0 Å². The molecule has 2 aliphatic rings. The Kier molecular flexibility index (Phi) is 8.03. The standard InChI is InChI=1S/C54H33N3S/c55-34-35-19-21-36(22-20-35)37-23-25-38(26-24-37)41-27-29-45-43(31-41)44-32-42(53-56-49(39-11-3-1-4-12-39)33-50(57-53)40-13-5-2-6-14-40)28-30-46(44)54(45)47-15-7-9-17-51(47)58-52-18-10-8-16-48(52)54/h1-33H. The second-order valence-electron chi connectivity index (χ2n) is 14.8. The summed E-state index contributed by atoms with van der Waals surface area (Å²) in [6, 6.07) is 73.3. The molecule has 11 rings (SSSR count). The minimum Gasteiger partial charge on any atom is -0.228 e. The SMILES string of the molecule is N#Cc1ccc(-c2ccc(-c3ccc4c(c3)-c3cc(-c5nc(-c6ccccc6)cc(-c6ccccc6)n5)ccc3C43c4ccccc4Sc4ccccc43)cc2)cc1. The molecule has 0 unspecified atom stereocenters. The van der Waals surface area contributed by atoms with Crippen molar-refractivity contribution in [2.75, 3.05) is 0 Å². The van der Waals surface area contributed by atoms with Gasteiger partial charge in [-0.15, -0.1) is 0 Å². The summed E-state index contributed by atoms with van der Waals surface area (Å²) in [6.07, 6.45) is 0. The molecule has 1 spiro atoms. The van der Waals surface area contributed by atoms with E-state index in [9.17, 15) is 5.26 Å². The zero-order chi connectivity index (χ0) is 38.6. The van der Waals surface area contributed by atoms with Crippen molar-refractivity contribution in [2.24, 2.45) is 0 Å². The van der Waals surface area contributed by atoms with Crippen LogP contribution in [0.25, 0.3) is 67.3 Å². The molecule has 1 aliphatic heterocycles. The van der Waals surface area contributed by atoms with Crippen molar-refractivity contribution in [3.8, 4) is 73.4 Å². The van der Waals surface area contributed by atoms with Crippen molar-refractivity contribution in [1.29, 1.82) is 5.26 Å². The van der Waals surface area contributed by atoms with Crippen LogP contribution < -0.4 is 0 Å². The number of hydrogen-bond donors (Lipinski definition) is 0. The molecule has 2 heterocycles. The first kappa shape index (κ1) is 34.0. The lowest BCUT2D eigenvalue weighted by Crippen LogP contribution is -2.31. The van der Waals surface area contributed by atoms with Gasteiger partial charge in [0.2, 0.25) is 0 Å². The molecule has 0 saturated heterocycles. The van der Waals surface area contributed by atoms with Crippen LogP contribution in [0.15, 0.2) is 210 Å². The quantitative estimate of drug-likeness (QED) is 0.175. The van der Waals surface area contributed by atoms with E-state index in [-0.39, 0.29) is 0 Å². The van der Waals surface area contributed by atoms with Crippen molar-refractivity contribution in [3.63, 3.8) is 0 Å². The van der Waals surface area contributed by atoms with Crippen LogP contribution in [-0.2, 0) is 5.41 Å². The Labute approximate surface area is 342 Å². The van der Waals surface area contributed by atoms with Gasteiger partial charge in [-0.1, -0.05) is 169 Å². The summed E-state index contributed by atoms with van der Waals surface area (Å²) in [5, 5.41) is 9.29. The third-order valence-electron chi connectivity index (χ3n) is 11.6. The van der Waals surface area contributed by atoms with Crippen LogP contribution in [0, 0.1) is 11.3 Å². The Morgan fingerprint density at radius 3 is 1.34 bits per heavy atom. The third-order valence-corrected chi connectivity index (χ3v) is 12.8. The predicted octanol–water partition coefficient (Wildman–Crippen LogP) is 13.5. The molecule has 0 N–H and O–H groups in total. The molecule has 270 valence electrons. The lowest BCUT2D eigenvalue weighted by Gasteiger charge is -2.39. The predicted molar refractivity (Wildman–Crippen MR) is 235 cm³/mol. The van der Waals surface area contributed by atoms with Gasteiger partial charge in [-0.05, 0) is 98.1 Å². The molecule has 58 heavy (non-hydrogen) atoms. The van der Waals surface area contributed by atoms with Crippen molar-refractivity contribution >= 4 is 11.8 Å². The van der Waals surface area contributed by atoms with E-state index in [1.54, 1.807) is 0 Å². The molecule has 0 bridgehead atoms. The number of nitrogens with zero attached hydrogens (tertiary/aromatic N) is 3. The molecule has 0 atom stereocenters. The maximum Gasteiger partial charge on any atom is 0.160 e. The summed E-state index contributed by atoms with van der Waals surface area (Å²) in [4.78, 5) is 13.0. The Morgan fingerprint density at radius 2 is 0.810 bits per heavy atom. The topological polar surface area (TPSA) is 49.6 Å². The second-order valence-corrected chi connectivity index (χ2v) is 15.9. The highest BCUT2D eigenvalue weighted by Crippen LogP contribution is 2.62. The van der Waals surface area contributed by atoms with Crippen LogP contribution in [0.4, 0.5) is 0 Å². The van der Waals surface area contributed by atoms with Gasteiger partial charge >= 0.3 is 0 Å².